The van der Waals surface area contributed by atoms with E-state index in [-0.39, 0.29) is 34.3 Å². The van der Waals surface area contributed by atoms with Gasteiger partial charge < -0.3 is 14.4 Å². The quantitative estimate of drug-likeness (QED) is 0.312. The molecule has 10 heteroatoms. The predicted molar refractivity (Wildman–Crippen MR) is 95.6 cm³/mol. The standard InChI is InChI=1S/C16H23F3NO4PS/c1-3-23-25(22,24-4-2)12-6-5-11-20-15(21)13-7-9-14(10-8-13)26-16(17,18)19/h7-10H,3-6,11-12H2,1-2H3,(H,20,21). The summed E-state index contributed by atoms with van der Waals surface area (Å²) in [5, 5.41) is 2.68. The van der Waals surface area contributed by atoms with Crippen molar-refractivity contribution >= 4 is 25.3 Å². The first-order chi connectivity index (χ1) is 12.2. The van der Waals surface area contributed by atoms with Gasteiger partial charge >= 0.3 is 13.1 Å². The summed E-state index contributed by atoms with van der Waals surface area (Å²) in [6.45, 7) is 4.44. The van der Waals surface area contributed by atoms with E-state index in [0.717, 1.165) is 0 Å². The van der Waals surface area contributed by atoms with Crippen molar-refractivity contribution in [2.45, 2.75) is 37.1 Å². The highest BCUT2D eigenvalue weighted by atomic mass is 32.2. The third-order valence-electron chi connectivity index (χ3n) is 3.15. The van der Waals surface area contributed by atoms with Gasteiger partial charge in [-0.25, -0.2) is 0 Å². The molecule has 1 N–H and O–H groups in total. The lowest BCUT2D eigenvalue weighted by molar-refractivity contribution is -0.0328. The molecule has 0 aromatic heterocycles. The van der Waals surface area contributed by atoms with Crippen molar-refractivity contribution in [3.05, 3.63) is 29.8 Å². The number of rotatable bonds is 11. The monoisotopic (exact) mass is 413 g/mol. The molecule has 0 aliphatic heterocycles. The normalized spacial score (nSPS) is 12.2. The van der Waals surface area contributed by atoms with Gasteiger partial charge in [-0.05, 0) is 62.7 Å². The van der Waals surface area contributed by atoms with Gasteiger partial charge in [-0.2, -0.15) is 13.2 Å². The Bertz CT molecular complexity index is 601. The molecule has 0 radical (unpaired) electrons. The number of nitrogens with one attached hydrogen (secondary N) is 1. The Balaban J connectivity index is 2.37. The Hall–Kier alpha value is -1.02. The minimum absolute atomic E-state index is 0.0247. The summed E-state index contributed by atoms with van der Waals surface area (Å²) in [5.41, 5.74) is -4.07. The molecule has 1 aromatic carbocycles. The Kier molecular flexibility index (Phi) is 9.71. The molecule has 148 valence electrons. The van der Waals surface area contributed by atoms with Gasteiger partial charge in [0.2, 0.25) is 0 Å². The molecule has 0 atom stereocenters. The summed E-state index contributed by atoms with van der Waals surface area (Å²) in [6, 6.07) is 5.21. The van der Waals surface area contributed by atoms with E-state index in [9.17, 15) is 22.5 Å². The maximum Gasteiger partial charge on any atom is 0.446 e. The van der Waals surface area contributed by atoms with E-state index in [0.29, 0.717) is 32.6 Å². The van der Waals surface area contributed by atoms with E-state index >= 15 is 0 Å². The number of unbranched alkanes of at least 4 members (excludes halogenated alkanes) is 1. The van der Waals surface area contributed by atoms with Crippen molar-refractivity contribution in [3.8, 4) is 0 Å². The van der Waals surface area contributed by atoms with Crippen LogP contribution in [0.25, 0.3) is 0 Å². The van der Waals surface area contributed by atoms with Crippen LogP contribution in [0.3, 0.4) is 0 Å². The van der Waals surface area contributed by atoms with Gasteiger partial charge in [-0.3, -0.25) is 9.36 Å². The predicted octanol–water partition coefficient (Wildman–Crippen LogP) is 5.07. The van der Waals surface area contributed by atoms with E-state index < -0.39 is 13.1 Å². The number of benzene rings is 1. The fourth-order valence-corrected chi connectivity index (χ4v) is 4.37. The maximum atomic E-state index is 12.3. The highest BCUT2D eigenvalue weighted by Gasteiger charge is 2.29. The largest absolute Gasteiger partial charge is 0.446 e. The number of halogens is 3. The van der Waals surface area contributed by atoms with Crippen LogP contribution in [0.5, 0.6) is 0 Å². The van der Waals surface area contributed by atoms with Crippen molar-refractivity contribution in [3.63, 3.8) is 0 Å². The third-order valence-corrected chi connectivity index (χ3v) is 6.05. The number of hydrogen-bond acceptors (Lipinski definition) is 5. The molecule has 0 spiro atoms. The van der Waals surface area contributed by atoms with Crippen molar-refractivity contribution in [2.24, 2.45) is 0 Å². The summed E-state index contributed by atoms with van der Waals surface area (Å²) in [7, 11) is -3.07. The Morgan fingerprint density at radius 3 is 2.19 bits per heavy atom. The summed E-state index contributed by atoms with van der Waals surface area (Å²) in [5.74, 6) is -0.369. The highest BCUT2D eigenvalue weighted by molar-refractivity contribution is 8.00. The lowest BCUT2D eigenvalue weighted by Gasteiger charge is -2.16. The topological polar surface area (TPSA) is 64.6 Å². The van der Waals surface area contributed by atoms with E-state index in [2.05, 4.69) is 5.32 Å². The van der Waals surface area contributed by atoms with Crippen LogP contribution >= 0.6 is 19.4 Å². The number of amides is 1. The molecule has 0 aliphatic carbocycles. The van der Waals surface area contributed by atoms with Crippen molar-refractivity contribution in [1.29, 1.82) is 0 Å². The second-order valence-electron chi connectivity index (χ2n) is 5.21. The third kappa shape index (κ3) is 9.07. The van der Waals surface area contributed by atoms with Crippen LogP contribution in [0.2, 0.25) is 0 Å². The zero-order valence-corrected chi connectivity index (χ0v) is 16.4. The fourth-order valence-electron chi connectivity index (χ4n) is 2.10. The molecule has 0 fully saturated rings. The van der Waals surface area contributed by atoms with Crippen LogP contribution < -0.4 is 5.32 Å². The fraction of sp³-hybridized carbons (Fsp3) is 0.562. The Morgan fingerprint density at radius 1 is 1.12 bits per heavy atom. The molecule has 1 amide bonds. The molecule has 26 heavy (non-hydrogen) atoms. The average molecular weight is 413 g/mol. The molecular weight excluding hydrogens is 390 g/mol. The number of carbonyl (C=O) groups excluding carboxylic acids is 1. The van der Waals surface area contributed by atoms with Gasteiger partial charge in [0.05, 0.1) is 19.4 Å². The van der Waals surface area contributed by atoms with Gasteiger partial charge in [0, 0.05) is 17.0 Å². The summed E-state index contributed by atoms with van der Waals surface area (Å²) in [4.78, 5) is 12.0. The minimum atomic E-state index is -4.35. The smallest absolute Gasteiger partial charge is 0.352 e. The SMILES string of the molecule is CCOP(=O)(CCCCNC(=O)c1ccc(SC(F)(F)F)cc1)OCC. The summed E-state index contributed by atoms with van der Waals surface area (Å²) < 4.78 is 59.4. The van der Waals surface area contributed by atoms with Gasteiger partial charge in [-0.15, -0.1) is 0 Å². The first-order valence-electron chi connectivity index (χ1n) is 8.21. The van der Waals surface area contributed by atoms with Crippen LogP contribution in [-0.4, -0.2) is 37.3 Å². The van der Waals surface area contributed by atoms with Crippen LogP contribution in [0, 0.1) is 0 Å². The number of thioether (sulfide) groups is 1. The van der Waals surface area contributed by atoms with Gasteiger partial charge in [-0.1, -0.05) is 0 Å². The highest BCUT2D eigenvalue weighted by Crippen LogP contribution is 2.48. The van der Waals surface area contributed by atoms with Gasteiger partial charge in [0.25, 0.3) is 5.91 Å². The zero-order valence-electron chi connectivity index (χ0n) is 14.7. The second-order valence-corrected chi connectivity index (χ2v) is 8.53. The molecule has 1 aromatic rings. The molecule has 0 aliphatic rings. The van der Waals surface area contributed by atoms with E-state index in [1.807, 2.05) is 0 Å². The molecule has 1 rings (SSSR count). The lowest BCUT2D eigenvalue weighted by Crippen LogP contribution is -2.24. The lowest BCUT2D eigenvalue weighted by atomic mass is 10.2. The summed E-state index contributed by atoms with van der Waals surface area (Å²) >= 11 is -0.226. The molecule has 0 unspecified atom stereocenters. The van der Waals surface area contributed by atoms with Crippen molar-refractivity contribution < 1.29 is 31.6 Å². The molecular formula is C16H23F3NO4PS. The first-order valence-corrected chi connectivity index (χ1v) is 10.8. The van der Waals surface area contributed by atoms with Crippen LogP contribution in [-0.2, 0) is 13.6 Å². The zero-order chi connectivity index (χ0) is 19.6. The van der Waals surface area contributed by atoms with E-state index in [4.69, 9.17) is 9.05 Å². The number of alkyl halides is 3. The summed E-state index contributed by atoms with van der Waals surface area (Å²) in [6.07, 6.45) is 1.41. The minimum Gasteiger partial charge on any atom is -0.352 e. The molecule has 0 bridgehead atoms. The Labute approximate surface area is 155 Å². The average Bonchev–Trinajstić information content (AvgIpc) is 2.54. The van der Waals surface area contributed by atoms with Crippen LogP contribution in [0.1, 0.15) is 37.0 Å². The van der Waals surface area contributed by atoms with E-state index in [1.54, 1.807) is 13.8 Å². The molecule has 0 saturated heterocycles. The molecule has 0 saturated carbocycles. The Morgan fingerprint density at radius 2 is 1.69 bits per heavy atom. The molecule has 0 heterocycles. The van der Waals surface area contributed by atoms with Crippen molar-refractivity contribution in [1.82, 2.24) is 5.32 Å². The second kappa shape index (κ2) is 11.0. The van der Waals surface area contributed by atoms with Gasteiger partial charge in [0.1, 0.15) is 0 Å². The maximum absolute atomic E-state index is 12.3. The van der Waals surface area contributed by atoms with Crippen molar-refractivity contribution in [2.75, 3.05) is 25.9 Å². The number of carbonyl (C=O) groups is 1. The first kappa shape index (κ1) is 23.0. The van der Waals surface area contributed by atoms with E-state index in [1.165, 1.54) is 24.3 Å². The van der Waals surface area contributed by atoms with Crippen LogP contribution in [0.4, 0.5) is 13.2 Å². The molecule has 5 nitrogen and oxygen atoms in total. The van der Waals surface area contributed by atoms with Crippen LogP contribution in [0.15, 0.2) is 29.2 Å². The number of hydrogen-bond donors (Lipinski definition) is 1. The van der Waals surface area contributed by atoms with Gasteiger partial charge in [0.15, 0.2) is 0 Å².